The molecule has 3 amide bonds. The zero-order chi connectivity index (χ0) is 27.3. The number of alkyl carbamates (subject to hydrolysis) is 1. The number of hydrogen-bond acceptors (Lipinski definition) is 5. The maximum Gasteiger partial charge on any atom is 0.408 e. The lowest BCUT2D eigenvalue weighted by molar-refractivity contribution is -0.143. The van der Waals surface area contributed by atoms with Crippen molar-refractivity contribution >= 4 is 17.9 Å². The number of phenols is 1. The van der Waals surface area contributed by atoms with E-state index in [1.54, 1.807) is 37.8 Å². The molecule has 1 rings (SSSR count). The maximum absolute atomic E-state index is 14.0. The fraction of sp³-hybridized carbons (Fsp3) is 0.679. The second-order valence-electron chi connectivity index (χ2n) is 10.4. The third-order valence-corrected chi connectivity index (χ3v) is 6.04. The van der Waals surface area contributed by atoms with Crippen LogP contribution in [0.25, 0.3) is 0 Å². The molecule has 0 bridgehead atoms. The minimum atomic E-state index is -0.890. The lowest BCUT2D eigenvalue weighted by atomic mass is 9.95. The molecule has 0 heterocycles. The zero-order valence-corrected chi connectivity index (χ0v) is 23.2. The van der Waals surface area contributed by atoms with Crippen molar-refractivity contribution in [3.63, 3.8) is 0 Å². The zero-order valence-electron chi connectivity index (χ0n) is 23.2. The van der Waals surface area contributed by atoms with Crippen LogP contribution >= 0.6 is 0 Å². The Morgan fingerprint density at radius 2 is 1.61 bits per heavy atom. The van der Waals surface area contributed by atoms with Crippen molar-refractivity contribution in [2.45, 2.75) is 105 Å². The lowest BCUT2D eigenvalue weighted by Crippen LogP contribution is -2.55. The van der Waals surface area contributed by atoms with Crippen molar-refractivity contribution in [3.05, 3.63) is 29.8 Å². The van der Waals surface area contributed by atoms with Crippen LogP contribution in [0.2, 0.25) is 0 Å². The van der Waals surface area contributed by atoms with Gasteiger partial charge in [0, 0.05) is 13.1 Å². The number of ether oxygens (including phenoxy) is 1. The molecule has 0 spiro atoms. The summed E-state index contributed by atoms with van der Waals surface area (Å²) in [5.41, 5.74) is -0.104. The van der Waals surface area contributed by atoms with E-state index in [4.69, 9.17) is 4.74 Å². The van der Waals surface area contributed by atoms with Crippen molar-refractivity contribution in [1.29, 1.82) is 0 Å². The van der Waals surface area contributed by atoms with Gasteiger partial charge in [-0.15, -0.1) is 0 Å². The molecule has 0 saturated heterocycles. The van der Waals surface area contributed by atoms with E-state index < -0.39 is 23.8 Å². The normalized spacial score (nSPS) is 13.9. The number of rotatable bonds is 14. The first-order valence-corrected chi connectivity index (χ1v) is 13.3. The van der Waals surface area contributed by atoms with E-state index in [1.165, 1.54) is 12.1 Å². The average Bonchev–Trinajstić information content (AvgIpc) is 2.81. The molecule has 8 nitrogen and oxygen atoms in total. The van der Waals surface area contributed by atoms with Crippen LogP contribution in [0.15, 0.2) is 24.3 Å². The largest absolute Gasteiger partial charge is 0.508 e. The van der Waals surface area contributed by atoms with Gasteiger partial charge in [0.2, 0.25) is 11.8 Å². The first kappa shape index (κ1) is 31.3. The van der Waals surface area contributed by atoms with Gasteiger partial charge < -0.3 is 25.4 Å². The van der Waals surface area contributed by atoms with Crippen LogP contribution in [0.5, 0.6) is 5.75 Å². The van der Waals surface area contributed by atoms with Crippen LogP contribution in [-0.4, -0.2) is 52.6 Å². The van der Waals surface area contributed by atoms with Gasteiger partial charge in [-0.05, 0) is 57.2 Å². The molecular weight excluding hydrogens is 458 g/mol. The second kappa shape index (κ2) is 15.4. The minimum absolute atomic E-state index is 0.0800. The molecule has 0 aliphatic carbocycles. The summed E-state index contributed by atoms with van der Waals surface area (Å²) in [6.07, 6.45) is 4.40. The van der Waals surface area contributed by atoms with Crippen LogP contribution in [0.3, 0.4) is 0 Å². The van der Waals surface area contributed by atoms with Crippen molar-refractivity contribution < 1.29 is 24.2 Å². The highest BCUT2D eigenvalue weighted by atomic mass is 16.6. The molecule has 1 aromatic rings. The Labute approximate surface area is 217 Å². The van der Waals surface area contributed by atoms with Crippen molar-refractivity contribution in [3.8, 4) is 5.75 Å². The summed E-state index contributed by atoms with van der Waals surface area (Å²) in [6.45, 7) is 14.1. The molecule has 0 radical (unpaired) electrons. The van der Waals surface area contributed by atoms with Gasteiger partial charge in [-0.3, -0.25) is 9.59 Å². The maximum atomic E-state index is 14.0. The molecule has 3 unspecified atom stereocenters. The quantitative estimate of drug-likeness (QED) is 0.297. The highest BCUT2D eigenvalue weighted by Crippen LogP contribution is 2.26. The number of aromatic hydroxyl groups is 1. The fourth-order valence-electron chi connectivity index (χ4n) is 3.80. The van der Waals surface area contributed by atoms with Gasteiger partial charge >= 0.3 is 6.09 Å². The first-order valence-electron chi connectivity index (χ1n) is 13.3. The number of hydrogen-bond donors (Lipinski definition) is 3. The molecule has 0 saturated carbocycles. The topological polar surface area (TPSA) is 108 Å². The fourth-order valence-corrected chi connectivity index (χ4v) is 3.80. The highest BCUT2D eigenvalue weighted by molar-refractivity contribution is 5.92. The molecule has 3 atom stereocenters. The van der Waals surface area contributed by atoms with Crippen LogP contribution in [0.1, 0.15) is 98.6 Å². The van der Waals surface area contributed by atoms with E-state index in [-0.39, 0.29) is 23.5 Å². The average molecular weight is 506 g/mol. The standard InChI is InChI=1S/C28H47N3O5/c1-8-11-13-18-29-25(33)24(21-14-16-22(32)17-15-21)31(19-12-9-2)26(34)23(20(4)10-3)30-27(35)36-28(5,6)7/h14-17,20,23-24,32H,8-13,18-19H2,1-7H3,(H,29,33)(H,30,35). The number of unbranched alkanes of at least 4 members (excludes halogenated alkanes) is 3. The van der Waals surface area contributed by atoms with Gasteiger partial charge in [-0.25, -0.2) is 4.79 Å². The molecule has 204 valence electrons. The van der Waals surface area contributed by atoms with Gasteiger partial charge in [0.05, 0.1) is 0 Å². The molecule has 0 aliphatic heterocycles. The predicted octanol–water partition coefficient (Wildman–Crippen LogP) is 5.31. The number of nitrogens with one attached hydrogen (secondary N) is 2. The van der Waals surface area contributed by atoms with E-state index in [0.29, 0.717) is 31.5 Å². The third kappa shape index (κ3) is 10.5. The molecular formula is C28H47N3O5. The summed E-state index contributed by atoms with van der Waals surface area (Å²) in [7, 11) is 0. The number of benzene rings is 1. The highest BCUT2D eigenvalue weighted by Gasteiger charge is 2.37. The number of carbonyl (C=O) groups is 3. The van der Waals surface area contributed by atoms with Gasteiger partial charge in [0.25, 0.3) is 0 Å². The van der Waals surface area contributed by atoms with E-state index in [1.807, 2.05) is 20.8 Å². The molecule has 1 aromatic carbocycles. The Kier molecular flexibility index (Phi) is 13.3. The minimum Gasteiger partial charge on any atom is -0.508 e. The van der Waals surface area contributed by atoms with Gasteiger partial charge in [-0.1, -0.05) is 65.5 Å². The molecule has 0 aromatic heterocycles. The second-order valence-corrected chi connectivity index (χ2v) is 10.4. The smallest absolute Gasteiger partial charge is 0.408 e. The number of phenolic OH excluding ortho intramolecular Hbond substituents is 1. The Balaban J connectivity index is 3.40. The Hall–Kier alpha value is -2.77. The number of amides is 3. The number of nitrogens with zero attached hydrogens (tertiary/aromatic N) is 1. The molecule has 3 N–H and O–H groups in total. The van der Waals surface area contributed by atoms with Gasteiger partial charge in [0.1, 0.15) is 23.4 Å². The summed E-state index contributed by atoms with van der Waals surface area (Å²) in [4.78, 5) is 41.7. The Morgan fingerprint density at radius 1 is 1.00 bits per heavy atom. The predicted molar refractivity (Wildman–Crippen MR) is 143 cm³/mol. The molecule has 8 heteroatoms. The third-order valence-electron chi connectivity index (χ3n) is 6.04. The van der Waals surface area contributed by atoms with E-state index in [9.17, 15) is 19.5 Å². The van der Waals surface area contributed by atoms with Crippen molar-refractivity contribution in [1.82, 2.24) is 15.5 Å². The summed E-state index contributed by atoms with van der Waals surface area (Å²) in [6, 6.07) is 4.61. The van der Waals surface area contributed by atoms with Crippen LogP contribution in [0, 0.1) is 5.92 Å². The van der Waals surface area contributed by atoms with E-state index in [0.717, 1.165) is 25.7 Å². The number of carbonyl (C=O) groups excluding carboxylic acids is 3. The summed E-state index contributed by atoms with van der Waals surface area (Å²) in [5.74, 6) is -0.703. The lowest BCUT2D eigenvalue weighted by Gasteiger charge is -2.36. The molecule has 0 fully saturated rings. The summed E-state index contributed by atoms with van der Waals surface area (Å²) in [5, 5.41) is 15.6. The van der Waals surface area contributed by atoms with Gasteiger partial charge in [-0.2, -0.15) is 0 Å². The van der Waals surface area contributed by atoms with Crippen molar-refractivity contribution in [2.24, 2.45) is 5.92 Å². The Bertz CT molecular complexity index is 819. The molecule has 36 heavy (non-hydrogen) atoms. The monoisotopic (exact) mass is 505 g/mol. The van der Waals surface area contributed by atoms with Crippen LogP contribution in [-0.2, 0) is 14.3 Å². The van der Waals surface area contributed by atoms with E-state index >= 15 is 0 Å². The summed E-state index contributed by atoms with van der Waals surface area (Å²) < 4.78 is 5.43. The van der Waals surface area contributed by atoms with E-state index in [2.05, 4.69) is 17.6 Å². The SMILES string of the molecule is CCCCCNC(=O)C(c1ccc(O)cc1)N(CCCC)C(=O)C(NC(=O)OC(C)(C)C)C(C)CC. The Morgan fingerprint density at radius 3 is 2.14 bits per heavy atom. The van der Waals surface area contributed by atoms with Crippen LogP contribution in [0.4, 0.5) is 4.79 Å². The summed E-state index contributed by atoms with van der Waals surface area (Å²) >= 11 is 0. The van der Waals surface area contributed by atoms with Crippen molar-refractivity contribution in [2.75, 3.05) is 13.1 Å². The van der Waals surface area contributed by atoms with Gasteiger partial charge in [0.15, 0.2) is 0 Å². The molecule has 0 aliphatic rings. The first-order chi connectivity index (χ1) is 16.9. The van der Waals surface area contributed by atoms with Crippen LogP contribution < -0.4 is 10.6 Å².